The lowest BCUT2D eigenvalue weighted by molar-refractivity contribution is 0.481. The number of rotatable bonds is 6. The Morgan fingerprint density at radius 1 is 1.33 bits per heavy atom. The van der Waals surface area contributed by atoms with Gasteiger partial charge in [-0.05, 0) is 26.2 Å². The Morgan fingerprint density at radius 3 is 2.13 bits per heavy atom. The highest BCUT2D eigenvalue weighted by atomic mass is 32.2. The van der Waals surface area contributed by atoms with Crippen molar-refractivity contribution in [2.24, 2.45) is 11.7 Å². The van der Waals surface area contributed by atoms with Crippen molar-refractivity contribution < 1.29 is 8.42 Å². The molecule has 0 fully saturated rings. The Morgan fingerprint density at radius 2 is 1.80 bits per heavy atom. The lowest BCUT2D eigenvalue weighted by atomic mass is 10.1. The molecule has 0 aliphatic carbocycles. The molecule has 0 amide bonds. The highest BCUT2D eigenvalue weighted by Gasteiger charge is 2.24. The normalized spacial score (nSPS) is 16.3. The average molecular weight is 252 g/mol. The molecule has 4 nitrogen and oxygen atoms in total. The summed E-state index contributed by atoms with van der Waals surface area (Å²) in [7, 11) is -3.42. The summed E-state index contributed by atoms with van der Waals surface area (Å²) in [4.78, 5) is -0.000697. The molecule has 0 aliphatic rings. The Balaban J connectivity index is 4.45. The fraction of sp³-hybridized carbons (Fsp3) is 0.889. The van der Waals surface area contributed by atoms with Crippen LogP contribution in [0.25, 0.3) is 0 Å². The van der Waals surface area contributed by atoms with Crippen LogP contribution in [-0.4, -0.2) is 24.7 Å². The van der Waals surface area contributed by atoms with Crippen LogP contribution in [0.2, 0.25) is 0 Å². The van der Waals surface area contributed by atoms with Gasteiger partial charge < -0.3 is 5.73 Å². The van der Waals surface area contributed by atoms with E-state index in [0.29, 0.717) is 5.92 Å². The van der Waals surface area contributed by atoms with Gasteiger partial charge >= 0.3 is 0 Å². The molecular formula is C9H20N2O2S2. The third-order valence-corrected chi connectivity index (χ3v) is 4.48. The molecule has 0 aromatic heterocycles. The fourth-order valence-electron chi connectivity index (χ4n) is 1.29. The van der Waals surface area contributed by atoms with E-state index in [1.54, 1.807) is 0 Å². The van der Waals surface area contributed by atoms with Gasteiger partial charge in [-0.15, -0.1) is 0 Å². The quantitative estimate of drug-likeness (QED) is 0.692. The monoisotopic (exact) mass is 252 g/mol. The first-order valence-electron chi connectivity index (χ1n) is 4.97. The van der Waals surface area contributed by atoms with Crippen LogP contribution < -0.4 is 10.5 Å². The Bertz CT molecular complexity index is 312. The molecule has 3 N–H and O–H groups in total. The molecule has 6 heteroatoms. The van der Waals surface area contributed by atoms with E-state index in [-0.39, 0.29) is 11.0 Å². The molecular weight excluding hydrogens is 232 g/mol. The minimum absolute atomic E-state index is 0.000697. The third-order valence-electron chi connectivity index (χ3n) is 2.06. The molecule has 90 valence electrons. The van der Waals surface area contributed by atoms with Crippen LogP contribution >= 0.6 is 12.2 Å². The highest BCUT2D eigenvalue weighted by Crippen LogP contribution is 2.07. The van der Waals surface area contributed by atoms with Crippen LogP contribution in [0, 0.1) is 5.92 Å². The van der Waals surface area contributed by atoms with E-state index >= 15 is 0 Å². The molecule has 0 aliphatic heterocycles. The third kappa shape index (κ3) is 5.44. The zero-order valence-corrected chi connectivity index (χ0v) is 11.3. The second-order valence-electron chi connectivity index (χ2n) is 4.24. The van der Waals surface area contributed by atoms with E-state index in [1.165, 1.54) is 6.92 Å². The number of nitrogens with one attached hydrogen (secondary N) is 1. The molecule has 0 radical (unpaired) electrons. The zero-order chi connectivity index (χ0) is 12.2. The first-order chi connectivity index (χ1) is 6.66. The number of thiocarbonyl (C=S) groups is 1. The number of hydrogen-bond donors (Lipinski definition) is 2. The van der Waals surface area contributed by atoms with Crippen molar-refractivity contribution in [1.82, 2.24) is 4.72 Å². The molecule has 0 rings (SSSR count). The van der Waals surface area contributed by atoms with Crippen molar-refractivity contribution in [1.29, 1.82) is 0 Å². The van der Waals surface area contributed by atoms with Gasteiger partial charge in [-0.2, -0.15) is 0 Å². The van der Waals surface area contributed by atoms with Crippen molar-refractivity contribution in [2.75, 3.05) is 0 Å². The van der Waals surface area contributed by atoms with Crippen LogP contribution in [0.15, 0.2) is 0 Å². The van der Waals surface area contributed by atoms with Gasteiger partial charge in [0.15, 0.2) is 0 Å². The van der Waals surface area contributed by atoms with Gasteiger partial charge in [-0.1, -0.05) is 26.1 Å². The fourth-order valence-corrected chi connectivity index (χ4v) is 2.84. The van der Waals surface area contributed by atoms with Crippen molar-refractivity contribution in [3.63, 3.8) is 0 Å². The topological polar surface area (TPSA) is 72.2 Å². The predicted octanol–water partition coefficient (Wildman–Crippen LogP) is 1.01. The molecule has 0 aromatic carbocycles. The van der Waals surface area contributed by atoms with Gasteiger partial charge in [0.2, 0.25) is 10.0 Å². The maximum absolute atomic E-state index is 11.7. The summed E-state index contributed by atoms with van der Waals surface area (Å²) in [5, 5.41) is -0.817. The molecule has 2 unspecified atom stereocenters. The van der Waals surface area contributed by atoms with Crippen LogP contribution in [0.4, 0.5) is 0 Å². The van der Waals surface area contributed by atoms with Crippen molar-refractivity contribution in [2.45, 2.75) is 45.4 Å². The average Bonchev–Trinajstić information content (AvgIpc) is 1.99. The van der Waals surface area contributed by atoms with Crippen LogP contribution in [-0.2, 0) is 10.0 Å². The van der Waals surface area contributed by atoms with E-state index in [4.69, 9.17) is 5.73 Å². The number of nitrogens with two attached hydrogens (primary N) is 1. The van der Waals surface area contributed by atoms with E-state index in [0.717, 1.165) is 6.42 Å². The Hall–Kier alpha value is -0.200. The van der Waals surface area contributed by atoms with Gasteiger partial charge in [0, 0.05) is 6.04 Å². The molecule has 0 saturated carbocycles. The minimum Gasteiger partial charge on any atom is -0.392 e. The SMILES string of the molecule is CC(C)CC(C)NS(=O)(=O)C(C)C(N)=S. The van der Waals surface area contributed by atoms with Gasteiger partial charge in [0.05, 0.1) is 4.99 Å². The highest BCUT2D eigenvalue weighted by molar-refractivity contribution is 7.93. The largest absolute Gasteiger partial charge is 0.392 e. The van der Waals surface area contributed by atoms with Gasteiger partial charge in [0.1, 0.15) is 5.25 Å². The van der Waals surface area contributed by atoms with Gasteiger partial charge in [-0.3, -0.25) is 0 Å². The molecule has 0 heterocycles. The number of sulfonamides is 1. The van der Waals surface area contributed by atoms with E-state index < -0.39 is 15.3 Å². The summed E-state index contributed by atoms with van der Waals surface area (Å²) in [6.45, 7) is 7.42. The van der Waals surface area contributed by atoms with Crippen molar-refractivity contribution >= 4 is 27.2 Å². The lowest BCUT2D eigenvalue weighted by Gasteiger charge is -2.19. The first kappa shape index (κ1) is 14.8. The molecule has 15 heavy (non-hydrogen) atoms. The van der Waals surface area contributed by atoms with E-state index in [9.17, 15) is 8.42 Å². The summed E-state index contributed by atoms with van der Waals surface area (Å²) in [5.41, 5.74) is 5.31. The van der Waals surface area contributed by atoms with Crippen LogP contribution in [0.5, 0.6) is 0 Å². The van der Waals surface area contributed by atoms with Crippen LogP contribution in [0.1, 0.15) is 34.1 Å². The maximum Gasteiger partial charge on any atom is 0.220 e. The number of hydrogen-bond acceptors (Lipinski definition) is 3. The predicted molar refractivity (Wildman–Crippen MR) is 67.2 cm³/mol. The molecule has 2 atom stereocenters. The molecule has 0 spiro atoms. The maximum atomic E-state index is 11.7. The molecule has 0 saturated heterocycles. The smallest absolute Gasteiger partial charge is 0.220 e. The minimum atomic E-state index is -3.42. The van der Waals surface area contributed by atoms with Gasteiger partial charge in [0.25, 0.3) is 0 Å². The molecule has 0 aromatic rings. The molecule has 0 bridgehead atoms. The van der Waals surface area contributed by atoms with Gasteiger partial charge in [-0.25, -0.2) is 13.1 Å². The second kappa shape index (κ2) is 5.77. The van der Waals surface area contributed by atoms with E-state index in [2.05, 4.69) is 16.9 Å². The Kier molecular flexibility index (Phi) is 5.69. The summed E-state index contributed by atoms with van der Waals surface area (Å²) in [6.07, 6.45) is 0.795. The standard InChI is InChI=1S/C9H20N2O2S2/c1-6(2)5-7(3)11-15(12,13)8(4)9(10)14/h6-8,11H,5H2,1-4H3,(H2,10,14). The van der Waals surface area contributed by atoms with Crippen molar-refractivity contribution in [3.05, 3.63) is 0 Å². The van der Waals surface area contributed by atoms with Crippen LogP contribution in [0.3, 0.4) is 0 Å². The summed E-state index contributed by atoms with van der Waals surface area (Å²) >= 11 is 4.67. The first-order valence-corrected chi connectivity index (χ1v) is 6.92. The van der Waals surface area contributed by atoms with Crippen molar-refractivity contribution in [3.8, 4) is 0 Å². The lowest BCUT2D eigenvalue weighted by Crippen LogP contribution is -2.43. The van der Waals surface area contributed by atoms with E-state index in [1.807, 2.05) is 20.8 Å². The summed E-state index contributed by atoms with van der Waals surface area (Å²) in [5.74, 6) is 0.447. The zero-order valence-electron chi connectivity index (χ0n) is 9.65. The summed E-state index contributed by atoms with van der Waals surface area (Å²) in [6, 6.07) is -0.0909. The second-order valence-corrected chi connectivity index (χ2v) is 6.74. The summed E-state index contributed by atoms with van der Waals surface area (Å²) < 4.78 is 25.9. The Labute approximate surface area is 97.7 Å².